The number of rotatable bonds is 7. The molecule has 1 aliphatic carbocycles. The average molecular weight is 316 g/mol. The highest BCUT2D eigenvalue weighted by atomic mass is 16.5. The van der Waals surface area contributed by atoms with Gasteiger partial charge in [0.15, 0.2) is 0 Å². The summed E-state index contributed by atoms with van der Waals surface area (Å²) in [4.78, 5) is 16.8. The first-order valence-corrected chi connectivity index (χ1v) is 8.26. The van der Waals surface area contributed by atoms with Gasteiger partial charge < -0.3 is 14.6 Å². The fraction of sp³-hybridized carbons (Fsp3) is 0.529. The zero-order chi connectivity index (χ0) is 16.1. The summed E-state index contributed by atoms with van der Waals surface area (Å²) in [5.41, 5.74) is 2.03. The fourth-order valence-electron chi connectivity index (χ4n) is 3.21. The largest absolute Gasteiger partial charge is 0.383 e. The zero-order valence-electron chi connectivity index (χ0n) is 13.5. The Hall–Kier alpha value is -1.92. The molecule has 1 aromatic carbocycles. The third-order valence-electron chi connectivity index (χ3n) is 4.31. The van der Waals surface area contributed by atoms with E-state index in [2.05, 4.69) is 26.3 Å². The second kappa shape index (κ2) is 7.57. The van der Waals surface area contributed by atoms with E-state index in [1.165, 1.54) is 12.8 Å². The number of ether oxygens (including phenoxy) is 1. The highest BCUT2D eigenvalue weighted by Crippen LogP contribution is 2.35. The zero-order valence-corrected chi connectivity index (χ0v) is 13.5. The predicted molar refractivity (Wildman–Crippen MR) is 90.6 cm³/mol. The molecule has 0 saturated heterocycles. The second-order valence-electron chi connectivity index (χ2n) is 5.95. The Morgan fingerprint density at radius 3 is 2.91 bits per heavy atom. The molecular weight excluding hydrogens is 292 g/mol. The van der Waals surface area contributed by atoms with Crippen LogP contribution in [0.4, 0.5) is 5.95 Å². The van der Waals surface area contributed by atoms with E-state index in [9.17, 15) is 4.79 Å². The first-order valence-electron chi connectivity index (χ1n) is 8.26. The van der Waals surface area contributed by atoms with Crippen molar-refractivity contribution in [3.8, 4) is 0 Å². The highest BCUT2D eigenvalue weighted by molar-refractivity contribution is 5.92. The van der Waals surface area contributed by atoms with Gasteiger partial charge in [-0.15, -0.1) is 0 Å². The molecule has 0 radical (unpaired) electrons. The van der Waals surface area contributed by atoms with Crippen LogP contribution in [0.5, 0.6) is 0 Å². The number of fused-ring (bicyclic) bond motifs is 1. The van der Waals surface area contributed by atoms with Crippen molar-refractivity contribution in [3.05, 3.63) is 24.3 Å². The summed E-state index contributed by atoms with van der Waals surface area (Å²) in [6, 6.07) is 8.50. The molecule has 23 heavy (non-hydrogen) atoms. The van der Waals surface area contributed by atoms with E-state index in [0.29, 0.717) is 25.1 Å². The molecule has 1 aromatic heterocycles. The summed E-state index contributed by atoms with van der Waals surface area (Å²) in [7, 11) is 1.64. The summed E-state index contributed by atoms with van der Waals surface area (Å²) < 4.78 is 7.16. The standard InChI is InChI=1S/C17H24N4O2/c1-23-11-10-18-12-16(22)20-17-19-14-8-4-5-9-15(14)21(17)13-6-2-3-7-13/h4-5,8-9,13,18H,2-3,6-7,10-12H2,1H3,(H,19,20,22). The number of carbonyl (C=O) groups is 1. The number of imidazole rings is 1. The van der Waals surface area contributed by atoms with E-state index in [0.717, 1.165) is 23.9 Å². The van der Waals surface area contributed by atoms with E-state index in [1.54, 1.807) is 7.11 Å². The molecule has 1 aliphatic rings. The van der Waals surface area contributed by atoms with Gasteiger partial charge in [0.2, 0.25) is 11.9 Å². The number of aromatic nitrogens is 2. The van der Waals surface area contributed by atoms with Crippen molar-refractivity contribution < 1.29 is 9.53 Å². The minimum absolute atomic E-state index is 0.0735. The molecule has 0 atom stereocenters. The number of hydrogen-bond donors (Lipinski definition) is 2. The van der Waals surface area contributed by atoms with Crippen LogP contribution < -0.4 is 10.6 Å². The molecule has 1 saturated carbocycles. The molecule has 0 aliphatic heterocycles. The van der Waals surface area contributed by atoms with Gasteiger partial charge in [-0.1, -0.05) is 25.0 Å². The smallest absolute Gasteiger partial charge is 0.240 e. The molecule has 1 amide bonds. The maximum absolute atomic E-state index is 12.2. The Morgan fingerprint density at radius 2 is 2.13 bits per heavy atom. The van der Waals surface area contributed by atoms with E-state index in [4.69, 9.17) is 4.74 Å². The van der Waals surface area contributed by atoms with Crippen LogP contribution in [0, 0.1) is 0 Å². The number of anilines is 1. The summed E-state index contributed by atoms with van der Waals surface area (Å²) in [5.74, 6) is 0.590. The van der Waals surface area contributed by atoms with Gasteiger partial charge in [0, 0.05) is 19.7 Å². The van der Waals surface area contributed by atoms with Crippen molar-refractivity contribution in [2.24, 2.45) is 0 Å². The summed E-state index contributed by atoms with van der Waals surface area (Å²) >= 11 is 0. The van der Waals surface area contributed by atoms with Crippen LogP contribution in [0.3, 0.4) is 0 Å². The van der Waals surface area contributed by atoms with Gasteiger partial charge in [-0.2, -0.15) is 0 Å². The number of benzene rings is 1. The quantitative estimate of drug-likeness (QED) is 0.769. The number of amides is 1. The molecule has 0 spiro atoms. The SMILES string of the molecule is COCCNCC(=O)Nc1nc2ccccc2n1C1CCCC1. The van der Waals surface area contributed by atoms with E-state index in [1.807, 2.05) is 18.2 Å². The molecule has 124 valence electrons. The van der Waals surface area contributed by atoms with Gasteiger partial charge in [-0.3, -0.25) is 10.1 Å². The summed E-state index contributed by atoms with van der Waals surface area (Å²) in [5, 5.41) is 6.02. The van der Waals surface area contributed by atoms with E-state index in [-0.39, 0.29) is 12.5 Å². The molecule has 6 heteroatoms. The fourth-order valence-corrected chi connectivity index (χ4v) is 3.21. The topological polar surface area (TPSA) is 68.2 Å². The molecular formula is C17H24N4O2. The molecule has 2 N–H and O–H groups in total. The number of para-hydroxylation sites is 2. The van der Waals surface area contributed by atoms with Gasteiger partial charge in [-0.05, 0) is 25.0 Å². The average Bonchev–Trinajstić information content (AvgIpc) is 3.18. The lowest BCUT2D eigenvalue weighted by Gasteiger charge is -2.16. The van der Waals surface area contributed by atoms with Crippen LogP contribution in [0.1, 0.15) is 31.7 Å². The Balaban J connectivity index is 1.76. The van der Waals surface area contributed by atoms with E-state index < -0.39 is 0 Å². The van der Waals surface area contributed by atoms with Crippen LogP contribution in [-0.2, 0) is 9.53 Å². The van der Waals surface area contributed by atoms with Crippen molar-refractivity contribution in [2.45, 2.75) is 31.7 Å². The monoisotopic (exact) mass is 316 g/mol. The highest BCUT2D eigenvalue weighted by Gasteiger charge is 2.23. The maximum Gasteiger partial charge on any atom is 0.240 e. The van der Waals surface area contributed by atoms with Crippen molar-refractivity contribution >= 4 is 22.9 Å². The first-order chi connectivity index (χ1) is 11.3. The Kier molecular flexibility index (Phi) is 5.25. The number of hydrogen-bond acceptors (Lipinski definition) is 4. The van der Waals surface area contributed by atoms with Gasteiger partial charge in [0.05, 0.1) is 24.2 Å². The maximum atomic E-state index is 12.2. The van der Waals surface area contributed by atoms with Crippen molar-refractivity contribution in [1.82, 2.24) is 14.9 Å². The second-order valence-corrected chi connectivity index (χ2v) is 5.95. The number of carbonyl (C=O) groups excluding carboxylic acids is 1. The summed E-state index contributed by atoms with van der Waals surface area (Å²) in [6.45, 7) is 1.51. The Labute approximate surface area is 136 Å². The number of nitrogens with zero attached hydrogens (tertiary/aromatic N) is 2. The Bertz CT molecular complexity index is 662. The molecule has 6 nitrogen and oxygen atoms in total. The minimum atomic E-state index is -0.0735. The molecule has 0 bridgehead atoms. The van der Waals surface area contributed by atoms with Crippen molar-refractivity contribution in [2.75, 3.05) is 32.1 Å². The van der Waals surface area contributed by atoms with Gasteiger partial charge in [-0.25, -0.2) is 4.98 Å². The lowest BCUT2D eigenvalue weighted by molar-refractivity contribution is -0.115. The normalized spacial score (nSPS) is 15.3. The minimum Gasteiger partial charge on any atom is -0.383 e. The van der Waals surface area contributed by atoms with Crippen molar-refractivity contribution in [3.63, 3.8) is 0 Å². The van der Waals surface area contributed by atoms with Crippen LogP contribution in [-0.4, -0.2) is 42.3 Å². The third kappa shape index (κ3) is 3.71. The van der Waals surface area contributed by atoms with Gasteiger partial charge >= 0.3 is 0 Å². The number of nitrogens with one attached hydrogen (secondary N) is 2. The Morgan fingerprint density at radius 1 is 1.35 bits per heavy atom. The number of methoxy groups -OCH3 is 1. The molecule has 0 unspecified atom stereocenters. The molecule has 3 rings (SSSR count). The van der Waals surface area contributed by atoms with Crippen LogP contribution in [0.15, 0.2) is 24.3 Å². The van der Waals surface area contributed by atoms with E-state index >= 15 is 0 Å². The summed E-state index contributed by atoms with van der Waals surface area (Å²) in [6.07, 6.45) is 4.77. The molecule has 1 heterocycles. The van der Waals surface area contributed by atoms with Crippen LogP contribution in [0.2, 0.25) is 0 Å². The van der Waals surface area contributed by atoms with Gasteiger partial charge in [0.25, 0.3) is 0 Å². The molecule has 2 aromatic rings. The first kappa shape index (κ1) is 16.0. The van der Waals surface area contributed by atoms with Gasteiger partial charge in [0.1, 0.15) is 0 Å². The molecule has 1 fully saturated rings. The lowest BCUT2D eigenvalue weighted by Crippen LogP contribution is -2.31. The van der Waals surface area contributed by atoms with Crippen LogP contribution in [0.25, 0.3) is 11.0 Å². The van der Waals surface area contributed by atoms with Crippen LogP contribution >= 0.6 is 0 Å². The lowest BCUT2D eigenvalue weighted by atomic mass is 10.2. The van der Waals surface area contributed by atoms with Crippen molar-refractivity contribution in [1.29, 1.82) is 0 Å². The third-order valence-corrected chi connectivity index (χ3v) is 4.31. The predicted octanol–water partition coefficient (Wildman–Crippen LogP) is 2.33.